The lowest BCUT2D eigenvalue weighted by atomic mass is 9.95. The zero-order valence-corrected chi connectivity index (χ0v) is 12.7. The highest BCUT2D eigenvalue weighted by Crippen LogP contribution is 2.22. The molecule has 1 aromatic heterocycles. The van der Waals surface area contributed by atoms with Gasteiger partial charge >= 0.3 is 0 Å². The van der Waals surface area contributed by atoms with Crippen molar-refractivity contribution in [1.82, 2.24) is 0 Å². The fourth-order valence-corrected chi connectivity index (χ4v) is 3.38. The van der Waals surface area contributed by atoms with Crippen molar-refractivity contribution in [3.05, 3.63) is 57.3 Å². The average Bonchev–Trinajstić information content (AvgIpc) is 2.88. The first-order valence-corrected chi connectivity index (χ1v) is 7.86. The van der Waals surface area contributed by atoms with Crippen LogP contribution in [0.25, 0.3) is 0 Å². The molecule has 2 N–H and O–H groups in total. The summed E-state index contributed by atoms with van der Waals surface area (Å²) in [6.07, 6.45) is 3.32. The smallest absolute Gasteiger partial charge is 0.00515 e. The predicted molar refractivity (Wildman–Crippen MR) is 84.8 cm³/mol. The standard InChI is InChI=1S/C17H23NS/c1-3-16-8-9-17(19-16)11-15(12-18)10-14-6-4-13(2)5-7-14/h4-9,15H,3,10-12,18H2,1-2H3. The summed E-state index contributed by atoms with van der Waals surface area (Å²) in [6, 6.07) is 13.3. The molecule has 0 fully saturated rings. The predicted octanol–water partition coefficient (Wildman–Crippen LogP) is 3.98. The summed E-state index contributed by atoms with van der Waals surface area (Å²) >= 11 is 1.93. The van der Waals surface area contributed by atoms with E-state index in [1.165, 1.54) is 20.9 Å². The average molecular weight is 273 g/mol. The van der Waals surface area contributed by atoms with Crippen LogP contribution in [0.1, 0.15) is 27.8 Å². The molecule has 1 unspecified atom stereocenters. The van der Waals surface area contributed by atoms with Crippen molar-refractivity contribution in [3.8, 4) is 0 Å². The van der Waals surface area contributed by atoms with E-state index in [9.17, 15) is 0 Å². The van der Waals surface area contributed by atoms with Crippen LogP contribution in [0.5, 0.6) is 0 Å². The second kappa shape index (κ2) is 6.88. The van der Waals surface area contributed by atoms with Gasteiger partial charge in [-0.25, -0.2) is 0 Å². The SMILES string of the molecule is CCc1ccc(CC(CN)Cc2ccc(C)cc2)s1. The normalized spacial score (nSPS) is 12.6. The minimum atomic E-state index is 0.547. The second-order valence-corrected chi connectivity index (χ2v) is 6.47. The molecule has 1 aromatic carbocycles. The Morgan fingerprint density at radius 2 is 1.68 bits per heavy atom. The van der Waals surface area contributed by atoms with Gasteiger partial charge in [-0.3, -0.25) is 0 Å². The summed E-state index contributed by atoms with van der Waals surface area (Å²) in [4.78, 5) is 2.94. The van der Waals surface area contributed by atoms with Gasteiger partial charge in [0.05, 0.1) is 0 Å². The van der Waals surface area contributed by atoms with Crippen LogP contribution in [-0.4, -0.2) is 6.54 Å². The number of hydrogen-bond acceptors (Lipinski definition) is 2. The van der Waals surface area contributed by atoms with Gasteiger partial charge in [-0.05, 0) is 56.3 Å². The number of benzene rings is 1. The maximum absolute atomic E-state index is 5.94. The molecule has 2 heteroatoms. The molecule has 19 heavy (non-hydrogen) atoms. The molecule has 1 atom stereocenters. The molecule has 2 rings (SSSR count). The largest absolute Gasteiger partial charge is 0.330 e. The number of rotatable bonds is 6. The fourth-order valence-electron chi connectivity index (χ4n) is 2.30. The number of aryl methyl sites for hydroxylation is 2. The molecular weight excluding hydrogens is 250 g/mol. The quantitative estimate of drug-likeness (QED) is 0.846. The van der Waals surface area contributed by atoms with Crippen molar-refractivity contribution >= 4 is 11.3 Å². The molecular formula is C17H23NS. The molecule has 0 spiro atoms. The van der Waals surface area contributed by atoms with Gasteiger partial charge in [-0.1, -0.05) is 36.8 Å². The van der Waals surface area contributed by atoms with E-state index in [-0.39, 0.29) is 0 Å². The third kappa shape index (κ3) is 4.19. The molecule has 0 radical (unpaired) electrons. The lowest BCUT2D eigenvalue weighted by Gasteiger charge is -2.14. The van der Waals surface area contributed by atoms with E-state index >= 15 is 0 Å². The van der Waals surface area contributed by atoms with Crippen molar-refractivity contribution in [2.24, 2.45) is 11.7 Å². The molecule has 102 valence electrons. The van der Waals surface area contributed by atoms with E-state index in [2.05, 4.69) is 50.2 Å². The Balaban J connectivity index is 1.98. The van der Waals surface area contributed by atoms with E-state index in [4.69, 9.17) is 5.73 Å². The van der Waals surface area contributed by atoms with Crippen LogP contribution in [-0.2, 0) is 19.3 Å². The number of nitrogens with two attached hydrogens (primary N) is 1. The zero-order valence-electron chi connectivity index (χ0n) is 11.9. The van der Waals surface area contributed by atoms with Crippen LogP contribution in [0.3, 0.4) is 0 Å². The van der Waals surface area contributed by atoms with Crippen LogP contribution >= 0.6 is 11.3 Å². The van der Waals surface area contributed by atoms with Crippen LogP contribution in [0.4, 0.5) is 0 Å². The summed E-state index contributed by atoms with van der Waals surface area (Å²) in [5, 5.41) is 0. The summed E-state index contributed by atoms with van der Waals surface area (Å²) in [5.41, 5.74) is 8.66. The third-order valence-corrected chi connectivity index (χ3v) is 4.79. The minimum absolute atomic E-state index is 0.547. The monoisotopic (exact) mass is 273 g/mol. The first-order chi connectivity index (χ1) is 9.21. The van der Waals surface area contributed by atoms with Gasteiger partial charge < -0.3 is 5.73 Å². The van der Waals surface area contributed by atoms with Crippen molar-refractivity contribution in [1.29, 1.82) is 0 Å². The number of thiophene rings is 1. The highest BCUT2D eigenvalue weighted by molar-refractivity contribution is 7.11. The minimum Gasteiger partial charge on any atom is -0.330 e. The van der Waals surface area contributed by atoms with E-state index in [1.807, 2.05) is 11.3 Å². The first-order valence-electron chi connectivity index (χ1n) is 7.04. The Morgan fingerprint density at radius 1 is 1.00 bits per heavy atom. The molecule has 0 bridgehead atoms. The van der Waals surface area contributed by atoms with Gasteiger partial charge in [0.1, 0.15) is 0 Å². The summed E-state index contributed by atoms with van der Waals surface area (Å²) < 4.78 is 0. The first kappa shape index (κ1) is 14.3. The molecule has 0 aliphatic rings. The zero-order chi connectivity index (χ0) is 13.7. The van der Waals surface area contributed by atoms with Crippen LogP contribution in [0, 0.1) is 12.8 Å². The Morgan fingerprint density at radius 3 is 2.26 bits per heavy atom. The summed E-state index contributed by atoms with van der Waals surface area (Å²) in [7, 11) is 0. The van der Waals surface area contributed by atoms with Crippen LogP contribution in [0.15, 0.2) is 36.4 Å². The maximum atomic E-state index is 5.94. The molecule has 2 aromatic rings. The van der Waals surface area contributed by atoms with Gasteiger partial charge in [0.2, 0.25) is 0 Å². The van der Waals surface area contributed by atoms with Crippen LogP contribution in [0.2, 0.25) is 0 Å². The van der Waals surface area contributed by atoms with E-state index < -0.39 is 0 Å². The molecule has 0 amide bonds. The van der Waals surface area contributed by atoms with E-state index in [0.717, 1.165) is 25.8 Å². The fraction of sp³-hybridized carbons (Fsp3) is 0.412. The van der Waals surface area contributed by atoms with Gasteiger partial charge in [0.15, 0.2) is 0 Å². The van der Waals surface area contributed by atoms with Gasteiger partial charge in [0.25, 0.3) is 0 Å². The topological polar surface area (TPSA) is 26.0 Å². The molecule has 0 aliphatic carbocycles. The highest BCUT2D eigenvalue weighted by Gasteiger charge is 2.10. The number of hydrogen-bond donors (Lipinski definition) is 1. The van der Waals surface area contributed by atoms with Crippen molar-refractivity contribution < 1.29 is 0 Å². The van der Waals surface area contributed by atoms with Gasteiger partial charge in [0, 0.05) is 9.75 Å². The van der Waals surface area contributed by atoms with Gasteiger partial charge in [-0.2, -0.15) is 0 Å². The van der Waals surface area contributed by atoms with Gasteiger partial charge in [-0.15, -0.1) is 11.3 Å². The Bertz CT molecular complexity index is 498. The lowest BCUT2D eigenvalue weighted by Crippen LogP contribution is -2.18. The summed E-state index contributed by atoms with van der Waals surface area (Å²) in [5.74, 6) is 0.547. The summed E-state index contributed by atoms with van der Waals surface area (Å²) in [6.45, 7) is 5.09. The lowest BCUT2D eigenvalue weighted by molar-refractivity contribution is 0.537. The van der Waals surface area contributed by atoms with Crippen molar-refractivity contribution in [2.75, 3.05) is 6.54 Å². The Hall–Kier alpha value is -1.12. The maximum Gasteiger partial charge on any atom is 0.00515 e. The molecule has 0 saturated heterocycles. The third-order valence-electron chi connectivity index (χ3n) is 3.53. The molecule has 0 aliphatic heterocycles. The Labute approximate surface area is 120 Å². The second-order valence-electron chi connectivity index (χ2n) is 5.22. The Kier molecular flexibility index (Phi) is 5.17. The van der Waals surface area contributed by atoms with Crippen molar-refractivity contribution in [2.45, 2.75) is 33.1 Å². The molecule has 0 saturated carbocycles. The highest BCUT2D eigenvalue weighted by atomic mass is 32.1. The van der Waals surface area contributed by atoms with Crippen molar-refractivity contribution in [3.63, 3.8) is 0 Å². The molecule has 1 heterocycles. The van der Waals surface area contributed by atoms with Crippen LogP contribution < -0.4 is 5.73 Å². The molecule has 1 nitrogen and oxygen atoms in total. The van der Waals surface area contributed by atoms with E-state index in [0.29, 0.717) is 5.92 Å². The van der Waals surface area contributed by atoms with E-state index in [1.54, 1.807) is 0 Å².